The summed E-state index contributed by atoms with van der Waals surface area (Å²) in [4.78, 5) is 0. The molecule has 0 bridgehead atoms. The predicted octanol–water partition coefficient (Wildman–Crippen LogP) is 2.53. The minimum absolute atomic E-state index is 0.767. The van der Waals surface area contributed by atoms with E-state index in [1.807, 2.05) is 0 Å². The second-order valence-corrected chi connectivity index (χ2v) is 6.23. The lowest BCUT2D eigenvalue weighted by Gasteiger charge is -2.30. The van der Waals surface area contributed by atoms with E-state index in [1.54, 1.807) is 0 Å². The molecule has 2 aliphatic heterocycles. The Morgan fingerprint density at radius 1 is 1.31 bits per heavy atom. The van der Waals surface area contributed by atoms with Crippen LogP contribution in [0.4, 0.5) is 0 Å². The summed E-state index contributed by atoms with van der Waals surface area (Å²) in [7, 11) is 0. The Kier molecular flexibility index (Phi) is 5.46. The van der Waals surface area contributed by atoms with Crippen LogP contribution in [0.25, 0.3) is 0 Å². The largest absolute Gasteiger partial charge is 0.381 e. The summed E-state index contributed by atoms with van der Waals surface area (Å²) in [6.45, 7) is 5.33. The van der Waals surface area contributed by atoms with E-state index in [1.165, 1.54) is 37.2 Å². The number of thioether (sulfide) groups is 1. The second kappa shape index (κ2) is 6.87. The monoisotopic (exact) mass is 243 g/mol. The molecule has 2 aliphatic rings. The third-order valence-electron chi connectivity index (χ3n) is 3.93. The Bertz CT molecular complexity index is 188. The second-order valence-electron chi connectivity index (χ2n) is 5.08. The molecule has 0 radical (unpaired) electrons. The quantitative estimate of drug-likeness (QED) is 0.802. The van der Waals surface area contributed by atoms with Gasteiger partial charge in [0.2, 0.25) is 0 Å². The van der Waals surface area contributed by atoms with Crippen LogP contribution in [-0.4, -0.2) is 37.3 Å². The third kappa shape index (κ3) is 3.64. The summed E-state index contributed by atoms with van der Waals surface area (Å²) in [6.07, 6.45) is 5.36. The van der Waals surface area contributed by atoms with Crippen molar-refractivity contribution in [3.8, 4) is 0 Å². The third-order valence-corrected chi connectivity index (χ3v) is 5.12. The van der Waals surface area contributed by atoms with E-state index < -0.39 is 0 Å². The van der Waals surface area contributed by atoms with Crippen molar-refractivity contribution in [1.29, 1.82) is 0 Å². The average molecular weight is 243 g/mol. The minimum atomic E-state index is 0.767. The highest BCUT2D eigenvalue weighted by atomic mass is 32.2. The summed E-state index contributed by atoms with van der Waals surface area (Å²) in [5, 5.41) is 3.72. The van der Waals surface area contributed by atoms with E-state index in [2.05, 4.69) is 24.0 Å². The lowest BCUT2D eigenvalue weighted by molar-refractivity contribution is 0.0584. The van der Waals surface area contributed by atoms with Crippen LogP contribution in [0.3, 0.4) is 0 Å². The zero-order valence-corrected chi connectivity index (χ0v) is 11.2. The molecule has 0 amide bonds. The average Bonchev–Trinajstić information content (AvgIpc) is 2.83. The van der Waals surface area contributed by atoms with Crippen molar-refractivity contribution >= 4 is 11.8 Å². The van der Waals surface area contributed by atoms with Crippen molar-refractivity contribution in [3.63, 3.8) is 0 Å². The van der Waals surface area contributed by atoms with Crippen molar-refractivity contribution in [1.82, 2.24) is 5.32 Å². The van der Waals surface area contributed by atoms with Crippen molar-refractivity contribution in [3.05, 3.63) is 0 Å². The molecule has 2 rings (SSSR count). The van der Waals surface area contributed by atoms with Gasteiger partial charge in [0.25, 0.3) is 0 Å². The van der Waals surface area contributed by atoms with E-state index in [0.29, 0.717) is 0 Å². The summed E-state index contributed by atoms with van der Waals surface area (Å²) in [5.74, 6) is 4.58. The fraction of sp³-hybridized carbons (Fsp3) is 1.00. The molecule has 16 heavy (non-hydrogen) atoms. The van der Waals surface area contributed by atoms with Crippen LogP contribution in [0.5, 0.6) is 0 Å². The molecule has 2 nitrogen and oxygen atoms in total. The van der Waals surface area contributed by atoms with E-state index in [-0.39, 0.29) is 0 Å². The number of hydrogen-bond donors (Lipinski definition) is 1. The van der Waals surface area contributed by atoms with Crippen LogP contribution in [0.1, 0.15) is 32.6 Å². The van der Waals surface area contributed by atoms with Gasteiger partial charge in [0.15, 0.2) is 0 Å². The molecule has 2 saturated heterocycles. The van der Waals surface area contributed by atoms with Gasteiger partial charge in [-0.15, -0.1) is 0 Å². The molecule has 0 spiro atoms. The van der Waals surface area contributed by atoms with Crippen molar-refractivity contribution in [2.24, 2.45) is 11.8 Å². The summed E-state index contributed by atoms with van der Waals surface area (Å²) in [6, 6.07) is 0.767. The topological polar surface area (TPSA) is 21.3 Å². The van der Waals surface area contributed by atoms with Gasteiger partial charge in [-0.2, -0.15) is 11.8 Å². The van der Waals surface area contributed by atoms with Gasteiger partial charge in [0, 0.05) is 19.3 Å². The van der Waals surface area contributed by atoms with Gasteiger partial charge in [-0.1, -0.05) is 6.92 Å². The molecule has 0 aromatic rings. The lowest BCUT2D eigenvalue weighted by Crippen LogP contribution is -2.38. The minimum Gasteiger partial charge on any atom is -0.381 e. The van der Waals surface area contributed by atoms with Crippen molar-refractivity contribution < 1.29 is 4.74 Å². The smallest absolute Gasteiger partial charge is 0.0468 e. The molecule has 0 aromatic carbocycles. The maximum atomic E-state index is 5.44. The Hall–Kier alpha value is 0.270. The van der Waals surface area contributed by atoms with Crippen molar-refractivity contribution in [2.75, 3.05) is 31.3 Å². The molecular formula is C13H25NOS. The SMILES string of the molecule is CCNC(CC1CCOCC1)C1CCSC1. The van der Waals surface area contributed by atoms with Gasteiger partial charge in [-0.25, -0.2) is 0 Å². The van der Waals surface area contributed by atoms with Crippen LogP contribution in [0.15, 0.2) is 0 Å². The zero-order valence-electron chi connectivity index (χ0n) is 10.4. The Morgan fingerprint density at radius 2 is 2.12 bits per heavy atom. The summed E-state index contributed by atoms with van der Waals surface area (Å²) >= 11 is 2.13. The van der Waals surface area contributed by atoms with Crippen LogP contribution in [0, 0.1) is 11.8 Å². The molecule has 0 saturated carbocycles. The zero-order chi connectivity index (χ0) is 11.2. The summed E-state index contributed by atoms with van der Waals surface area (Å²) < 4.78 is 5.44. The number of nitrogens with one attached hydrogen (secondary N) is 1. The highest BCUT2D eigenvalue weighted by Gasteiger charge is 2.27. The molecule has 1 N–H and O–H groups in total. The maximum absolute atomic E-state index is 5.44. The number of hydrogen-bond acceptors (Lipinski definition) is 3. The molecule has 2 unspecified atom stereocenters. The van der Waals surface area contributed by atoms with E-state index >= 15 is 0 Å². The van der Waals surface area contributed by atoms with Gasteiger partial charge >= 0.3 is 0 Å². The highest BCUT2D eigenvalue weighted by Crippen LogP contribution is 2.31. The highest BCUT2D eigenvalue weighted by molar-refractivity contribution is 7.99. The molecular weight excluding hydrogens is 218 g/mol. The predicted molar refractivity (Wildman–Crippen MR) is 71.1 cm³/mol. The number of ether oxygens (including phenoxy) is 1. The maximum Gasteiger partial charge on any atom is 0.0468 e. The van der Waals surface area contributed by atoms with Crippen LogP contribution < -0.4 is 5.32 Å². The molecule has 3 heteroatoms. The fourth-order valence-electron chi connectivity index (χ4n) is 2.92. The molecule has 0 aliphatic carbocycles. The van der Waals surface area contributed by atoms with Gasteiger partial charge in [0.05, 0.1) is 0 Å². The van der Waals surface area contributed by atoms with Crippen LogP contribution >= 0.6 is 11.8 Å². The molecule has 94 valence electrons. The van der Waals surface area contributed by atoms with Crippen molar-refractivity contribution in [2.45, 2.75) is 38.6 Å². The molecule has 0 aromatic heterocycles. The van der Waals surface area contributed by atoms with E-state index in [4.69, 9.17) is 4.74 Å². The normalized spacial score (nSPS) is 29.4. The molecule has 2 fully saturated rings. The summed E-state index contributed by atoms with van der Waals surface area (Å²) in [5.41, 5.74) is 0. The van der Waals surface area contributed by atoms with E-state index in [0.717, 1.165) is 37.6 Å². The molecule has 2 atom stereocenters. The Balaban J connectivity index is 1.80. The van der Waals surface area contributed by atoms with Gasteiger partial charge in [-0.05, 0) is 55.6 Å². The fourth-order valence-corrected chi connectivity index (χ4v) is 4.25. The first-order chi connectivity index (χ1) is 7.90. The molecule has 2 heterocycles. The van der Waals surface area contributed by atoms with Gasteiger partial charge in [0.1, 0.15) is 0 Å². The Labute approximate surface area is 104 Å². The first-order valence-corrected chi connectivity index (χ1v) is 7.94. The van der Waals surface area contributed by atoms with Gasteiger partial charge in [-0.3, -0.25) is 0 Å². The first kappa shape index (κ1) is 12.7. The van der Waals surface area contributed by atoms with Gasteiger partial charge < -0.3 is 10.1 Å². The first-order valence-electron chi connectivity index (χ1n) is 6.79. The standard InChI is InChI=1S/C13H25NOS/c1-2-14-13(12-5-8-16-10-12)9-11-3-6-15-7-4-11/h11-14H,2-10H2,1H3. The van der Waals surface area contributed by atoms with Crippen LogP contribution in [-0.2, 0) is 4.74 Å². The Morgan fingerprint density at radius 3 is 2.75 bits per heavy atom. The van der Waals surface area contributed by atoms with Crippen LogP contribution in [0.2, 0.25) is 0 Å². The lowest BCUT2D eigenvalue weighted by atomic mass is 9.86. The number of rotatable bonds is 5. The van der Waals surface area contributed by atoms with E-state index in [9.17, 15) is 0 Å².